The molecule has 3 aromatic rings. The molecule has 0 bridgehead atoms. The van der Waals surface area contributed by atoms with E-state index in [0.29, 0.717) is 43.2 Å². The second-order valence-electron chi connectivity index (χ2n) is 9.28. The maximum atomic E-state index is 13.7. The molecule has 2 aromatic heterocycles. The van der Waals surface area contributed by atoms with Crippen LogP contribution in [-0.4, -0.2) is 41.5 Å². The Morgan fingerprint density at radius 3 is 2.70 bits per heavy atom. The molecule has 1 fully saturated rings. The predicted octanol–water partition coefficient (Wildman–Crippen LogP) is 4.87. The third-order valence-corrected chi connectivity index (χ3v) is 7.05. The van der Waals surface area contributed by atoms with Crippen LogP contribution in [0.4, 0.5) is 35.3 Å². The summed E-state index contributed by atoms with van der Waals surface area (Å²) in [5, 5.41) is 8.79. The van der Waals surface area contributed by atoms with Crippen molar-refractivity contribution in [3.8, 4) is 0 Å². The number of carbonyl (C=O) groups is 2. The molecule has 3 N–H and O–H groups in total. The molecule has 11 heteroatoms. The van der Waals surface area contributed by atoms with E-state index in [2.05, 4.69) is 25.9 Å². The number of nitrogens with one attached hydrogen (secondary N) is 3. The van der Waals surface area contributed by atoms with Crippen molar-refractivity contribution >= 4 is 40.2 Å². The number of rotatable bonds is 4. The van der Waals surface area contributed by atoms with E-state index in [1.807, 2.05) is 0 Å². The van der Waals surface area contributed by atoms with Gasteiger partial charge in [-0.3, -0.25) is 4.79 Å². The van der Waals surface area contributed by atoms with Crippen LogP contribution in [0.3, 0.4) is 0 Å². The van der Waals surface area contributed by atoms with Gasteiger partial charge in [0.2, 0.25) is 5.91 Å². The summed E-state index contributed by atoms with van der Waals surface area (Å²) in [5.41, 5.74) is -1.59. The first-order valence-corrected chi connectivity index (χ1v) is 12.0. The van der Waals surface area contributed by atoms with E-state index in [4.69, 9.17) is 4.11 Å². The van der Waals surface area contributed by atoms with Crippen LogP contribution >= 0.6 is 0 Å². The Morgan fingerprint density at radius 2 is 2.00 bits per heavy atom. The summed E-state index contributed by atoms with van der Waals surface area (Å²) in [5.74, 6) is -0.244. The summed E-state index contributed by atoms with van der Waals surface area (Å²) in [4.78, 5) is 34.9. The Labute approximate surface area is 215 Å². The number of urea groups is 1. The Kier molecular flexibility index (Phi) is 5.28. The lowest BCUT2D eigenvalue weighted by Crippen LogP contribution is -2.48. The van der Waals surface area contributed by atoms with Gasteiger partial charge >= 0.3 is 12.2 Å². The molecule has 3 amide bonds. The first-order valence-electron chi connectivity index (χ1n) is 13.5. The fourth-order valence-electron chi connectivity index (χ4n) is 5.23. The van der Waals surface area contributed by atoms with E-state index in [9.17, 15) is 22.8 Å². The van der Waals surface area contributed by atoms with E-state index >= 15 is 0 Å². The van der Waals surface area contributed by atoms with Gasteiger partial charge in [-0.15, -0.1) is 0 Å². The standard InChI is InChI=1S/C26H27F3N6O2/c1-3-30-24(37)32-16-9-11-25(12-10-16)18-13-21(31-14-19(18)35(2)23(25)36)33-20-8-7-15-5-4-6-17(22(15)34-20)26(27,28)29/h4-8,13-14,16H,3,9-12H2,1-2H3,(H2,30,32,37)(H,31,33,34)/i2D3. The zero-order valence-corrected chi connectivity index (χ0v) is 19.9. The second-order valence-corrected chi connectivity index (χ2v) is 9.28. The Hall–Kier alpha value is -3.89. The minimum absolute atomic E-state index is 0.109. The van der Waals surface area contributed by atoms with Gasteiger partial charge in [-0.25, -0.2) is 14.8 Å². The number of likely N-dealkylation sites (N-methyl/N-ethyl adjacent to an activating group) is 1. The molecule has 5 rings (SSSR count). The van der Waals surface area contributed by atoms with Crippen molar-refractivity contribution in [2.45, 2.75) is 50.2 Å². The highest BCUT2D eigenvalue weighted by Crippen LogP contribution is 2.50. The van der Waals surface area contributed by atoms with Crippen molar-refractivity contribution in [2.75, 3.05) is 23.7 Å². The number of amides is 3. The molecule has 0 radical (unpaired) electrons. The number of anilines is 3. The molecule has 1 saturated carbocycles. The highest BCUT2D eigenvalue weighted by Gasteiger charge is 2.51. The van der Waals surface area contributed by atoms with Crippen molar-refractivity contribution in [1.29, 1.82) is 0 Å². The number of aromatic nitrogens is 2. The number of carbonyl (C=O) groups excluding carboxylic acids is 2. The lowest BCUT2D eigenvalue weighted by Gasteiger charge is -2.36. The Bertz CT molecular complexity index is 1470. The number of fused-ring (bicyclic) bond motifs is 3. The molecule has 0 atom stereocenters. The lowest BCUT2D eigenvalue weighted by atomic mass is 9.69. The van der Waals surface area contributed by atoms with E-state index in [0.717, 1.165) is 11.0 Å². The number of hydrogen-bond donors (Lipinski definition) is 3. The third kappa shape index (κ3) is 4.42. The molecule has 194 valence electrons. The van der Waals surface area contributed by atoms with E-state index < -0.39 is 30.0 Å². The first-order chi connectivity index (χ1) is 18.8. The fourth-order valence-corrected chi connectivity index (χ4v) is 5.23. The number of nitrogens with zero attached hydrogens (tertiary/aromatic N) is 3. The molecule has 1 aliphatic heterocycles. The molecular weight excluding hydrogens is 485 g/mol. The van der Waals surface area contributed by atoms with Crippen molar-refractivity contribution in [3.05, 3.63) is 53.7 Å². The molecule has 1 aliphatic carbocycles. The van der Waals surface area contributed by atoms with Crippen LogP contribution in [0.15, 0.2) is 42.6 Å². The highest BCUT2D eigenvalue weighted by molar-refractivity contribution is 6.08. The van der Waals surface area contributed by atoms with E-state index in [1.165, 1.54) is 30.5 Å². The monoisotopic (exact) mass is 515 g/mol. The van der Waals surface area contributed by atoms with Crippen LogP contribution in [0.1, 0.15) is 47.8 Å². The predicted molar refractivity (Wildman–Crippen MR) is 134 cm³/mol. The SMILES string of the molecule is [2H]C([2H])([2H])N1C(=O)C2(CCC(NC(=O)NCC)CC2)c2cc(Nc3ccc4cccc(C(F)(F)F)c4n3)ncc21. The van der Waals surface area contributed by atoms with Gasteiger partial charge in [0, 0.05) is 29.1 Å². The second kappa shape index (κ2) is 9.20. The highest BCUT2D eigenvalue weighted by atomic mass is 19.4. The van der Waals surface area contributed by atoms with Gasteiger partial charge in [0.25, 0.3) is 0 Å². The summed E-state index contributed by atoms with van der Waals surface area (Å²) in [6.07, 6.45) is -1.79. The molecular formula is C26H27F3N6O2. The molecule has 0 unspecified atom stereocenters. The summed E-state index contributed by atoms with van der Waals surface area (Å²) >= 11 is 0. The number of hydrogen-bond acceptors (Lipinski definition) is 5. The number of benzene rings is 1. The average Bonchev–Trinajstić information content (AvgIpc) is 3.12. The number of halogens is 3. The van der Waals surface area contributed by atoms with Gasteiger partial charge in [-0.05, 0) is 62.4 Å². The van der Waals surface area contributed by atoms with Gasteiger partial charge in [-0.2, -0.15) is 13.2 Å². The third-order valence-electron chi connectivity index (χ3n) is 7.05. The molecule has 37 heavy (non-hydrogen) atoms. The van der Waals surface area contributed by atoms with Crippen LogP contribution in [0.5, 0.6) is 0 Å². The first kappa shape index (κ1) is 21.2. The van der Waals surface area contributed by atoms with Crippen LogP contribution in [0.2, 0.25) is 0 Å². The number of pyridine rings is 2. The minimum Gasteiger partial charge on any atom is -0.338 e. The van der Waals surface area contributed by atoms with E-state index in [1.54, 1.807) is 13.0 Å². The van der Waals surface area contributed by atoms with Crippen molar-refractivity contribution in [1.82, 2.24) is 20.6 Å². The normalized spacial score (nSPS) is 22.8. The zero-order chi connectivity index (χ0) is 28.9. The maximum Gasteiger partial charge on any atom is 0.418 e. The maximum absolute atomic E-state index is 13.7. The van der Waals surface area contributed by atoms with Crippen molar-refractivity contribution < 1.29 is 26.9 Å². The van der Waals surface area contributed by atoms with Gasteiger partial charge < -0.3 is 20.9 Å². The van der Waals surface area contributed by atoms with Crippen molar-refractivity contribution in [3.63, 3.8) is 0 Å². The summed E-state index contributed by atoms with van der Waals surface area (Å²) in [6.45, 7) is -0.473. The Balaban J connectivity index is 1.48. The summed E-state index contributed by atoms with van der Waals surface area (Å²) < 4.78 is 64.6. The number of alkyl halides is 3. The molecule has 0 saturated heterocycles. The summed E-state index contributed by atoms with van der Waals surface area (Å²) in [7, 11) is 0. The smallest absolute Gasteiger partial charge is 0.338 e. The topological polar surface area (TPSA) is 99.2 Å². The quantitative estimate of drug-likeness (QED) is 0.461. The Morgan fingerprint density at radius 1 is 1.22 bits per heavy atom. The zero-order valence-electron chi connectivity index (χ0n) is 22.9. The van der Waals surface area contributed by atoms with Crippen LogP contribution in [0.25, 0.3) is 10.9 Å². The summed E-state index contributed by atoms with van der Waals surface area (Å²) in [6, 6.07) is 7.92. The van der Waals surface area contributed by atoms with Crippen molar-refractivity contribution in [2.24, 2.45) is 0 Å². The molecule has 1 spiro atoms. The van der Waals surface area contributed by atoms with E-state index in [-0.39, 0.29) is 34.9 Å². The van der Waals surface area contributed by atoms with Gasteiger partial charge in [-0.1, -0.05) is 12.1 Å². The van der Waals surface area contributed by atoms with Crippen LogP contribution in [-0.2, 0) is 16.4 Å². The fraction of sp³-hybridized carbons (Fsp3) is 0.385. The van der Waals surface area contributed by atoms with Crippen LogP contribution in [0, 0.1) is 0 Å². The van der Waals surface area contributed by atoms with Gasteiger partial charge in [0.1, 0.15) is 11.6 Å². The molecule has 3 heterocycles. The van der Waals surface area contributed by atoms with Crippen LogP contribution < -0.4 is 20.9 Å². The van der Waals surface area contributed by atoms with Gasteiger partial charge in [0.15, 0.2) is 0 Å². The molecule has 8 nitrogen and oxygen atoms in total. The molecule has 1 aromatic carbocycles. The minimum atomic E-state index is -4.59. The number of para-hydroxylation sites is 1. The average molecular weight is 516 g/mol. The largest absolute Gasteiger partial charge is 0.418 e. The lowest BCUT2D eigenvalue weighted by molar-refractivity contribution is -0.136. The van der Waals surface area contributed by atoms with Gasteiger partial charge in [0.05, 0.1) is 28.4 Å². The molecule has 2 aliphatic rings.